The van der Waals surface area contributed by atoms with Gasteiger partial charge in [-0.05, 0) is 26.2 Å². The number of allylic oxidation sites excluding steroid dienone is 2. The molecular formula is C12H23. The molecule has 0 spiro atoms. The average molecular weight is 167 g/mol. The Hall–Kier alpha value is -0.260. The lowest BCUT2D eigenvalue weighted by atomic mass is 10.1. The maximum Gasteiger partial charge on any atom is -0.0351 e. The molecule has 0 rings (SSSR count). The van der Waals surface area contributed by atoms with E-state index in [0.29, 0.717) is 0 Å². The molecule has 0 fully saturated rings. The number of unbranched alkanes of at least 4 members (excludes halogenated alkanes) is 6. The Morgan fingerprint density at radius 1 is 0.917 bits per heavy atom. The van der Waals surface area contributed by atoms with E-state index >= 15 is 0 Å². The Balaban J connectivity index is 2.86. The van der Waals surface area contributed by atoms with Gasteiger partial charge < -0.3 is 0 Å². The van der Waals surface area contributed by atoms with Crippen molar-refractivity contribution in [2.75, 3.05) is 0 Å². The molecular weight excluding hydrogens is 144 g/mol. The van der Waals surface area contributed by atoms with Gasteiger partial charge in [0, 0.05) is 0 Å². The summed E-state index contributed by atoms with van der Waals surface area (Å²) in [5.41, 5.74) is 0. The Kier molecular flexibility index (Phi) is 10.5. The maximum absolute atomic E-state index is 3.76. The summed E-state index contributed by atoms with van der Waals surface area (Å²) in [5, 5.41) is 0. The molecule has 0 heterocycles. The minimum Gasteiger partial charge on any atom is -0.0885 e. The van der Waals surface area contributed by atoms with Crippen molar-refractivity contribution in [3.63, 3.8) is 0 Å². The van der Waals surface area contributed by atoms with E-state index in [9.17, 15) is 0 Å². The Morgan fingerprint density at radius 3 is 2.25 bits per heavy atom. The predicted octanol–water partition coefficient (Wildman–Crippen LogP) is 4.52. The second kappa shape index (κ2) is 10.7. The van der Waals surface area contributed by atoms with Crippen LogP contribution in [0.25, 0.3) is 0 Å². The fourth-order valence-corrected chi connectivity index (χ4v) is 1.28. The van der Waals surface area contributed by atoms with Crippen molar-refractivity contribution in [1.82, 2.24) is 0 Å². The van der Waals surface area contributed by atoms with E-state index < -0.39 is 0 Å². The van der Waals surface area contributed by atoms with Gasteiger partial charge in [0.2, 0.25) is 0 Å². The van der Waals surface area contributed by atoms with Crippen LogP contribution < -0.4 is 0 Å². The van der Waals surface area contributed by atoms with Crippen molar-refractivity contribution >= 4 is 0 Å². The summed E-state index contributed by atoms with van der Waals surface area (Å²) >= 11 is 0. The summed E-state index contributed by atoms with van der Waals surface area (Å²) < 4.78 is 0. The Morgan fingerprint density at radius 2 is 1.58 bits per heavy atom. The normalized spacial score (nSPS) is 11.2. The van der Waals surface area contributed by atoms with Crippen LogP contribution in [-0.4, -0.2) is 0 Å². The molecule has 0 aliphatic rings. The van der Waals surface area contributed by atoms with Crippen LogP contribution in [0.3, 0.4) is 0 Å². The average Bonchev–Trinajstić information content (AvgIpc) is 2.10. The smallest absolute Gasteiger partial charge is 0.0351 e. The lowest BCUT2D eigenvalue weighted by molar-refractivity contribution is 0.611. The van der Waals surface area contributed by atoms with Gasteiger partial charge in [0.25, 0.3) is 0 Å². The molecule has 0 N–H and O–H groups in total. The van der Waals surface area contributed by atoms with Crippen molar-refractivity contribution < 1.29 is 0 Å². The van der Waals surface area contributed by atoms with E-state index in [1.165, 1.54) is 44.9 Å². The number of rotatable bonds is 8. The van der Waals surface area contributed by atoms with Crippen molar-refractivity contribution in [3.8, 4) is 0 Å². The highest BCUT2D eigenvalue weighted by Crippen LogP contribution is 2.07. The molecule has 0 saturated carbocycles. The van der Waals surface area contributed by atoms with Crippen molar-refractivity contribution in [2.45, 2.75) is 58.3 Å². The predicted molar refractivity (Wildman–Crippen MR) is 57.1 cm³/mol. The van der Waals surface area contributed by atoms with Crippen LogP contribution in [0.4, 0.5) is 0 Å². The molecule has 0 unspecified atom stereocenters. The molecule has 0 amide bonds. The number of hydrogen-bond donors (Lipinski definition) is 0. The second-order valence-corrected chi connectivity index (χ2v) is 3.32. The van der Waals surface area contributed by atoms with Crippen molar-refractivity contribution in [3.05, 3.63) is 19.1 Å². The van der Waals surface area contributed by atoms with Crippen molar-refractivity contribution in [2.24, 2.45) is 0 Å². The summed E-state index contributed by atoms with van der Waals surface area (Å²) in [6.07, 6.45) is 15.0. The van der Waals surface area contributed by atoms with Crippen LogP contribution in [0, 0.1) is 6.92 Å². The standard InChI is InChI=1S/C12H23/c1-3-5-7-9-11-12-10-8-6-4-2/h5,7H,1,3-4,6,8-12H2,2H3. The number of hydrogen-bond acceptors (Lipinski definition) is 0. The molecule has 0 saturated heterocycles. The molecule has 0 atom stereocenters. The molecule has 1 radical (unpaired) electrons. The van der Waals surface area contributed by atoms with Crippen LogP contribution in [0.2, 0.25) is 0 Å². The van der Waals surface area contributed by atoms with Gasteiger partial charge in [0.05, 0.1) is 0 Å². The first-order chi connectivity index (χ1) is 5.91. The highest BCUT2D eigenvalue weighted by molar-refractivity contribution is 4.81. The van der Waals surface area contributed by atoms with Gasteiger partial charge in [-0.15, -0.1) is 0 Å². The van der Waals surface area contributed by atoms with Gasteiger partial charge >= 0.3 is 0 Å². The largest absolute Gasteiger partial charge is 0.0885 e. The van der Waals surface area contributed by atoms with Crippen LogP contribution in [0.15, 0.2) is 12.2 Å². The lowest BCUT2D eigenvalue weighted by Crippen LogP contribution is -1.77. The zero-order chi connectivity index (χ0) is 9.07. The van der Waals surface area contributed by atoms with Gasteiger partial charge in [-0.3, -0.25) is 0 Å². The molecule has 0 nitrogen and oxygen atoms in total. The molecule has 0 aromatic carbocycles. The zero-order valence-electron chi connectivity index (χ0n) is 8.52. The highest BCUT2D eigenvalue weighted by atomic mass is 13.9. The van der Waals surface area contributed by atoms with Gasteiger partial charge in [-0.1, -0.05) is 51.2 Å². The van der Waals surface area contributed by atoms with E-state index in [-0.39, 0.29) is 0 Å². The lowest BCUT2D eigenvalue weighted by Gasteiger charge is -1.97. The van der Waals surface area contributed by atoms with Crippen LogP contribution in [-0.2, 0) is 0 Å². The summed E-state index contributed by atoms with van der Waals surface area (Å²) in [5.74, 6) is 0. The SMILES string of the molecule is [CH2]CC=CCCCCCCCC. The van der Waals surface area contributed by atoms with Crippen molar-refractivity contribution in [1.29, 1.82) is 0 Å². The van der Waals surface area contributed by atoms with Gasteiger partial charge in [-0.25, -0.2) is 0 Å². The van der Waals surface area contributed by atoms with E-state index in [4.69, 9.17) is 0 Å². The third-order valence-electron chi connectivity index (χ3n) is 2.06. The third kappa shape index (κ3) is 9.74. The molecule has 0 heteroatoms. The molecule has 0 aliphatic heterocycles. The van der Waals surface area contributed by atoms with Crippen LogP contribution in [0.5, 0.6) is 0 Å². The summed E-state index contributed by atoms with van der Waals surface area (Å²) in [6, 6.07) is 0. The summed E-state index contributed by atoms with van der Waals surface area (Å²) in [4.78, 5) is 0. The van der Waals surface area contributed by atoms with E-state index in [2.05, 4.69) is 26.0 Å². The fraction of sp³-hybridized carbons (Fsp3) is 0.750. The fourth-order valence-electron chi connectivity index (χ4n) is 1.28. The first-order valence-corrected chi connectivity index (χ1v) is 5.36. The first-order valence-electron chi connectivity index (χ1n) is 5.36. The zero-order valence-corrected chi connectivity index (χ0v) is 8.52. The molecule has 0 bridgehead atoms. The van der Waals surface area contributed by atoms with Crippen LogP contribution in [0.1, 0.15) is 58.3 Å². The second-order valence-electron chi connectivity index (χ2n) is 3.32. The minimum atomic E-state index is 0.940. The summed E-state index contributed by atoms with van der Waals surface area (Å²) in [6.45, 7) is 6.02. The highest BCUT2D eigenvalue weighted by Gasteiger charge is 1.87. The van der Waals surface area contributed by atoms with Gasteiger partial charge in [0.15, 0.2) is 0 Å². The quantitative estimate of drug-likeness (QED) is 0.368. The third-order valence-corrected chi connectivity index (χ3v) is 2.06. The van der Waals surface area contributed by atoms with E-state index in [0.717, 1.165) is 6.42 Å². The van der Waals surface area contributed by atoms with Gasteiger partial charge in [0.1, 0.15) is 0 Å². The van der Waals surface area contributed by atoms with E-state index in [1.54, 1.807) is 0 Å². The molecule has 0 aromatic heterocycles. The molecule has 71 valence electrons. The molecule has 12 heavy (non-hydrogen) atoms. The Bertz CT molecular complexity index is 92.2. The monoisotopic (exact) mass is 167 g/mol. The molecule has 0 aliphatic carbocycles. The topological polar surface area (TPSA) is 0 Å². The minimum absolute atomic E-state index is 0.940. The van der Waals surface area contributed by atoms with E-state index in [1.807, 2.05) is 0 Å². The Labute approximate surface area is 78.1 Å². The summed E-state index contributed by atoms with van der Waals surface area (Å²) in [7, 11) is 0. The first kappa shape index (κ1) is 11.7. The molecule has 0 aromatic rings. The maximum atomic E-state index is 3.76. The van der Waals surface area contributed by atoms with Crippen LogP contribution >= 0.6 is 0 Å². The van der Waals surface area contributed by atoms with Gasteiger partial charge in [-0.2, -0.15) is 0 Å².